The number of anilines is 2. The van der Waals surface area contributed by atoms with Crippen molar-refractivity contribution < 1.29 is 9.53 Å². The number of carbonyl (C=O) groups is 1. The van der Waals surface area contributed by atoms with E-state index in [1.54, 1.807) is 11.3 Å². The van der Waals surface area contributed by atoms with Crippen LogP contribution in [-0.2, 0) is 11.3 Å². The van der Waals surface area contributed by atoms with Crippen LogP contribution in [0.5, 0.6) is 5.75 Å². The van der Waals surface area contributed by atoms with Gasteiger partial charge in [-0.25, -0.2) is 4.98 Å². The summed E-state index contributed by atoms with van der Waals surface area (Å²) in [5, 5.41) is 7.22. The van der Waals surface area contributed by atoms with Gasteiger partial charge in [0, 0.05) is 10.6 Å². The highest BCUT2D eigenvalue weighted by Crippen LogP contribution is 2.30. The molecule has 1 aromatic heterocycles. The molecule has 0 unspecified atom stereocenters. The summed E-state index contributed by atoms with van der Waals surface area (Å²) >= 11 is 1.69. The number of aryl methyl sites for hydroxylation is 2. The zero-order valence-electron chi connectivity index (χ0n) is 11.3. The molecule has 6 heteroatoms. The van der Waals surface area contributed by atoms with Crippen molar-refractivity contribution in [1.82, 2.24) is 4.98 Å². The highest BCUT2D eigenvalue weighted by molar-refractivity contribution is 7.11. The van der Waals surface area contributed by atoms with Gasteiger partial charge in [0.05, 0.1) is 22.9 Å². The van der Waals surface area contributed by atoms with E-state index in [2.05, 4.69) is 15.6 Å². The van der Waals surface area contributed by atoms with Gasteiger partial charge in [-0.05, 0) is 32.0 Å². The van der Waals surface area contributed by atoms with E-state index in [1.807, 2.05) is 32.0 Å². The quantitative estimate of drug-likeness (QED) is 0.912. The van der Waals surface area contributed by atoms with Crippen LogP contribution in [0.3, 0.4) is 0 Å². The van der Waals surface area contributed by atoms with Crippen LogP contribution in [0.15, 0.2) is 18.2 Å². The summed E-state index contributed by atoms with van der Waals surface area (Å²) in [6.45, 7) is 4.83. The summed E-state index contributed by atoms with van der Waals surface area (Å²) in [5.41, 5.74) is 2.72. The first-order valence-electron chi connectivity index (χ1n) is 6.35. The lowest BCUT2D eigenvalue weighted by Gasteiger charge is -2.18. The topological polar surface area (TPSA) is 63.2 Å². The third kappa shape index (κ3) is 2.60. The average Bonchev–Trinajstić information content (AvgIpc) is 2.74. The van der Waals surface area contributed by atoms with Crippen molar-refractivity contribution in [2.45, 2.75) is 20.4 Å². The third-order valence-corrected chi connectivity index (χ3v) is 4.14. The van der Waals surface area contributed by atoms with Gasteiger partial charge < -0.3 is 15.4 Å². The van der Waals surface area contributed by atoms with E-state index in [0.717, 1.165) is 22.9 Å². The lowest BCUT2D eigenvalue weighted by molar-refractivity contribution is -0.118. The number of hydrogen-bond acceptors (Lipinski definition) is 5. The van der Waals surface area contributed by atoms with Crippen molar-refractivity contribution in [3.63, 3.8) is 0 Å². The van der Waals surface area contributed by atoms with Crippen molar-refractivity contribution in [3.8, 4) is 5.75 Å². The Balaban J connectivity index is 1.73. The number of nitrogens with one attached hydrogen (secondary N) is 2. The standard InChI is InChI=1S/C14H15N3O2S/c1-8-13(20-9(2)16-8)6-15-10-3-4-12-11(5-10)17-14(18)7-19-12/h3-5,15H,6-7H2,1-2H3,(H,17,18). The van der Waals surface area contributed by atoms with Gasteiger partial charge in [-0.15, -0.1) is 11.3 Å². The molecule has 5 nitrogen and oxygen atoms in total. The van der Waals surface area contributed by atoms with Crippen LogP contribution in [0.4, 0.5) is 11.4 Å². The molecule has 104 valence electrons. The van der Waals surface area contributed by atoms with E-state index in [0.29, 0.717) is 11.4 Å². The number of fused-ring (bicyclic) bond motifs is 1. The number of ether oxygens (including phenoxy) is 1. The molecule has 0 bridgehead atoms. The number of rotatable bonds is 3. The summed E-state index contributed by atoms with van der Waals surface area (Å²) in [7, 11) is 0. The van der Waals surface area contributed by atoms with Crippen LogP contribution in [0.25, 0.3) is 0 Å². The number of hydrogen-bond donors (Lipinski definition) is 2. The summed E-state index contributed by atoms with van der Waals surface area (Å²) < 4.78 is 5.33. The number of benzene rings is 1. The molecule has 0 saturated carbocycles. The lowest BCUT2D eigenvalue weighted by Crippen LogP contribution is -2.25. The Labute approximate surface area is 121 Å². The number of nitrogens with zero attached hydrogens (tertiary/aromatic N) is 1. The van der Waals surface area contributed by atoms with E-state index in [4.69, 9.17) is 4.74 Å². The van der Waals surface area contributed by atoms with Gasteiger partial charge in [-0.2, -0.15) is 0 Å². The van der Waals surface area contributed by atoms with Gasteiger partial charge in [0.15, 0.2) is 6.61 Å². The molecule has 0 spiro atoms. The van der Waals surface area contributed by atoms with Gasteiger partial charge in [0.1, 0.15) is 5.75 Å². The maximum Gasteiger partial charge on any atom is 0.262 e. The van der Waals surface area contributed by atoms with E-state index >= 15 is 0 Å². The predicted octanol–water partition coefficient (Wildman–Crippen LogP) is 2.70. The maximum absolute atomic E-state index is 11.3. The largest absolute Gasteiger partial charge is 0.482 e. The second kappa shape index (κ2) is 5.13. The van der Waals surface area contributed by atoms with E-state index in [9.17, 15) is 4.79 Å². The smallest absolute Gasteiger partial charge is 0.262 e. The first-order chi connectivity index (χ1) is 9.61. The second-order valence-corrected chi connectivity index (χ2v) is 5.93. The Morgan fingerprint density at radius 2 is 2.30 bits per heavy atom. The first-order valence-corrected chi connectivity index (χ1v) is 7.17. The van der Waals surface area contributed by atoms with Crippen LogP contribution in [0.2, 0.25) is 0 Å². The molecule has 0 saturated heterocycles. The number of amides is 1. The molecule has 20 heavy (non-hydrogen) atoms. The highest BCUT2D eigenvalue weighted by atomic mass is 32.1. The minimum Gasteiger partial charge on any atom is -0.482 e. The van der Waals surface area contributed by atoms with Crippen molar-refractivity contribution in [2.24, 2.45) is 0 Å². The van der Waals surface area contributed by atoms with E-state index < -0.39 is 0 Å². The minimum atomic E-state index is -0.122. The fraction of sp³-hybridized carbons (Fsp3) is 0.286. The molecule has 0 atom stereocenters. The summed E-state index contributed by atoms with van der Waals surface area (Å²) in [6.07, 6.45) is 0. The first kappa shape index (κ1) is 12.9. The van der Waals surface area contributed by atoms with Crippen LogP contribution in [0, 0.1) is 13.8 Å². The van der Waals surface area contributed by atoms with Crippen LogP contribution in [-0.4, -0.2) is 17.5 Å². The molecule has 0 aliphatic carbocycles. The van der Waals surface area contributed by atoms with Gasteiger partial charge in [-0.3, -0.25) is 4.79 Å². The van der Waals surface area contributed by atoms with Gasteiger partial charge in [-0.1, -0.05) is 0 Å². The highest BCUT2D eigenvalue weighted by Gasteiger charge is 2.15. The second-order valence-electron chi connectivity index (χ2n) is 4.64. The molecular formula is C14H15N3O2S. The zero-order valence-corrected chi connectivity index (χ0v) is 12.1. The SMILES string of the molecule is Cc1nc(C)c(CNc2ccc3c(c2)NC(=O)CO3)s1. The molecule has 2 N–H and O–H groups in total. The molecule has 0 fully saturated rings. The molecule has 1 aromatic carbocycles. The van der Waals surface area contributed by atoms with E-state index in [-0.39, 0.29) is 12.5 Å². The fourth-order valence-electron chi connectivity index (χ4n) is 2.11. The molecule has 1 aliphatic rings. The Bertz CT molecular complexity index is 666. The summed E-state index contributed by atoms with van der Waals surface area (Å²) in [5.74, 6) is 0.587. The third-order valence-electron chi connectivity index (χ3n) is 3.07. The van der Waals surface area contributed by atoms with Crippen LogP contribution < -0.4 is 15.4 Å². The van der Waals surface area contributed by atoms with Gasteiger partial charge in [0.2, 0.25) is 0 Å². The Morgan fingerprint density at radius 1 is 1.45 bits per heavy atom. The average molecular weight is 289 g/mol. The molecule has 0 radical (unpaired) electrons. The Hall–Kier alpha value is -2.08. The predicted molar refractivity (Wildman–Crippen MR) is 79.5 cm³/mol. The van der Waals surface area contributed by atoms with Crippen molar-refractivity contribution in [2.75, 3.05) is 17.2 Å². The molecule has 2 heterocycles. The molecule has 1 amide bonds. The molecule has 3 rings (SSSR count). The van der Waals surface area contributed by atoms with Crippen LogP contribution >= 0.6 is 11.3 Å². The summed E-state index contributed by atoms with van der Waals surface area (Å²) in [6, 6.07) is 5.69. The van der Waals surface area contributed by atoms with E-state index in [1.165, 1.54) is 4.88 Å². The fourth-order valence-corrected chi connectivity index (χ4v) is 2.99. The van der Waals surface area contributed by atoms with Crippen LogP contribution in [0.1, 0.15) is 15.6 Å². The van der Waals surface area contributed by atoms with Crippen molar-refractivity contribution >= 4 is 28.6 Å². The molecular weight excluding hydrogens is 274 g/mol. The van der Waals surface area contributed by atoms with Crippen molar-refractivity contribution in [1.29, 1.82) is 0 Å². The maximum atomic E-state index is 11.3. The monoisotopic (exact) mass is 289 g/mol. The molecule has 1 aliphatic heterocycles. The lowest BCUT2D eigenvalue weighted by atomic mass is 10.2. The molecule has 2 aromatic rings. The number of carbonyl (C=O) groups excluding carboxylic acids is 1. The normalized spacial score (nSPS) is 13.4. The number of thiazole rings is 1. The Kier molecular flexibility index (Phi) is 3.31. The van der Waals surface area contributed by atoms with Gasteiger partial charge >= 0.3 is 0 Å². The van der Waals surface area contributed by atoms with Gasteiger partial charge in [0.25, 0.3) is 5.91 Å². The number of aromatic nitrogens is 1. The Morgan fingerprint density at radius 3 is 3.05 bits per heavy atom. The minimum absolute atomic E-state index is 0.0825. The van der Waals surface area contributed by atoms with Crippen molar-refractivity contribution in [3.05, 3.63) is 33.8 Å². The summed E-state index contributed by atoms with van der Waals surface area (Å²) in [4.78, 5) is 16.9. The zero-order chi connectivity index (χ0) is 14.1.